The molecule has 0 bridgehead atoms. The van der Waals surface area contributed by atoms with E-state index in [0.29, 0.717) is 25.7 Å². The van der Waals surface area contributed by atoms with Gasteiger partial charge in [0.15, 0.2) is 0 Å². The molecule has 0 spiro atoms. The molecule has 0 fully saturated rings. The third-order valence-corrected chi connectivity index (χ3v) is 8.47. The zero-order valence-corrected chi connectivity index (χ0v) is 28.7. The smallest absolute Gasteiger partial charge is 0.306 e. The summed E-state index contributed by atoms with van der Waals surface area (Å²) in [5.74, 6) is -0.976. The third-order valence-electron chi connectivity index (χ3n) is 8.47. The maximum atomic E-state index is 12.8. The standard InChI is InChI=1S/C38H64O6/c1-7-8-9-10-11-12-13-14-15-16-17-18-19-24-36(40)44-29-33(23-21-26-37(4,5)41)34-25-28-38(6,42)27-20-22-31(2)35(34)30-43-32(3)39/h20-21,23,26-27,34-35,41-42H,2,7-19,22,24-25,28-30H2,1,3-6H3. The third kappa shape index (κ3) is 20.0. The van der Waals surface area contributed by atoms with Crippen molar-refractivity contribution in [2.24, 2.45) is 11.8 Å². The molecule has 0 saturated carbocycles. The fourth-order valence-electron chi connectivity index (χ4n) is 5.73. The number of hydrogen-bond acceptors (Lipinski definition) is 6. The van der Waals surface area contributed by atoms with Crippen LogP contribution in [0, 0.1) is 11.8 Å². The molecule has 1 rings (SSSR count). The fraction of sp³-hybridized carbons (Fsp3) is 0.737. The van der Waals surface area contributed by atoms with E-state index in [2.05, 4.69) is 13.5 Å². The van der Waals surface area contributed by atoms with E-state index in [1.165, 1.54) is 71.1 Å². The molecule has 0 radical (unpaired) electrons. The van der Waals surface area contributed by atoms with Crippen LogP contribution in [0.1, 0.15) is 144 Å². The van der Waals surface area contributed by atoms with Gasteiger partial charge in [-0.25, -0.2) is 0 Å². The van der Waals surface area contributed by atoms with Gasteiger partial charge in [-0.15, -0.1) is 0 Å². The van der Waals surface area contributed by atoms with Crippen molar-refractivity contribution in [3.8, 4) is 0 Å². The predicted molar refractivity (Wildman–Crippen MR) is 181 cm³/mol. The van der Waals surface area contributed by atoms with Gasteiger partial charge in [0.05, 0.1) is 17.8 Å². The first-order valence-electron chi connectivity index (χ1n) is 17.3. The minimum absolute atomic E-state index is 0.0948. The summed E-state index contributed by atoms with van der Waals surface area (Å²) in [6, 6.07) is 0. The van der Waals surface area contributed by atoms with Crippen molar-refractivity contribution >= 4 is 11.9 Å². The number of ether oxygens (including phenoxy) is 2. The second-order valence-corrected chi connectivity index (χ2v) is 13.6. The lowest BCUT2D eigenvalue weighted by atomic mass is 9.77. The molecule has 0 amide bonds. The topological polar surface area (TPSA) is 93.1 Å². The molecular formula is C38H64O6. The van der Waals surface area contributed by atoms with E-state index in [-0.39, 0.29) is 37.0 Å². The Balaban J connectivity index is 2.73. The van der Waals surface area contributed by atoms with Gasteiger partial charge in [0.1, 0.15) is 6.61 Å². The summed E-state index contributed by atoms with van der Waals surface area (Å²) < 4.78 is 11.2. The van der Waals surface area contributed by atoms with Crippen molar-refractivity contribution in [1.82, 2.24) is 0 Å². The van der Waals surface area contributed by atoms with Crippen LogP contribution in [-0.2, 0) is 19.1 Å². The van der Waals surface area contributed by atoms with E-state index < -0.39 is 11.2 Å². The maximum absolute atomic E-state index is 12.8. The lowest BCUT2D eigenvalue weighted by Gasteiger charge is -2.31. The Labute approximate surface area is 269 Å². The van der Waals surface area contributed by atoms with Gasteiger partial charge in [0.25, 0.3) is 0 Å². The molecule has 0 aromatic carbocycles. The zero-order chi connectivity index (χ0) is 32.8. The fourth-order valence-corrected chi connectivity index (χ4v) is 5.73. The number of allylic oxidation sites excluding steroid dienone is 3. The van der Waals surface area contributed by atoms with Gasteiger partial charge in [-0.2, -0.15) is 0 Å². The van der Waals surface area contributed by atoms with Crippen LogP contribution < -0.4 is 0 Å². The molecule has 6 heteroatoms. The van der Waals surface area contributed by atoms with Crippen LogP contribution in [0.4, 0.5) is 0 Å². The molecular weight excluding hydrogens is 552 g/mol. The molecule has 0 saturated heterocycles. The Kier molecular flexibility index (Phi) is 20.2. The van der Waals surface area contributed by atoms with Crippen molar-refractivity contribution in [2.75, 3.05) is 13.2 Å². The average molecular weight is 617 g/mol. The first-order chi connectivity index (χ1) is 20.8. The summed E-state index contributed by atoms with van der Waals surface area (Å²) in [6.07, 6.45) is 27.3. The van der Waals surface area contributed by atoms with E-state index in [9.17, 15) is 19.8 Å². The second-order valence-electron chi connectivity index (χ2n) is 13.6. The molecule has 0 heterocycles. The maximum Gasteiger partial charge on any atom is 0.306 e. The Morgan fingerprint density at radius 3 is 2.11 bits per heavy atom. The van der Waals surface area contributed by atoms with Crippen molar-refractivity contribution in [1.29, 1.82) is 0 Å². The normalized spacial score (nSPS) is 21.6. The number of esters is 2. The number of unbranched alkanes of at least 4 members (excludes halogenated alkanes) is 12. The van der Waals surface area contributed by atoms with E-state index in [1.54, 1.807) is 39.0 Å². The molecule has 3 unspecified atom stereocenters. The van der Waals surface area contributed by atoms with Crippen LogP contribution in [0.25, 0.3) is 0 Å². The summed E-state index contributed by atoms with van der Waals surface area (Å²) >= 11 is 0. The lowest BCUT2D eigenvalue weighted by molar-refractivity contribution is -0.143. The molecule has 0 aromatic heterocycles. The minimum atomic E-state index is -1.00. The number of rotatable bonds is 21. The highest BCUT2D eigenvalue weighted by Gasteiger charge is 2.32. The summed E-state index contributed by atoms with van der Waals surface area (Å²) in [5.41, 5.74) is -0.256. The van der Waals surface area contributed by atoms with Crippen molar-refractivity contribution in [3.63, 3.8) is 0 Å². The Bertz CT molecular complexity index is 920. The van der Waals surface area contributed by atoms with Crippen LogP contribution in [-0.4, -0.2) is 46.6 Å². The van der Waals surface area contributed by atoms with Gasteiger partial charge in [-0.3, -0.25) is 9.59 Å². The van der Waals surface area contributed by atoms with Crippen LogP contribution in [0.15, 0.2) is 48.1 Å². The molecule has 6 nitrogen and oxygen atoms in total. The first-order valence-corrected chi connectivity index (χ1v) is 17.3. The molecule has 252 valence electrons. The monoisotopic (exact) mass is 616 g/mol. The molecule has 0 aromatic rings. The van der Waals surface area contributed by atoms with Crippen LogP contribution >= 0.6 is 0 Å². The van der Waals surface area contributed by atoms with E-state index in [0.717, 1.165) is 30.4 Å². The summed E-state index contributed by atoms with van der Waals surface area (Å²) in [7, 11) is 0. The molecule has 44 heavy (non-hydrogen) atoms. The minimum Gasteiger partial charge on any atom is -0.465 e. The second kappa shape index (κ2) is 22.3. The van der Waals surface area contributed by atoms with Crippen molar-refractivity contribution in [2.45, 2.75) is 155 Å². The number of hydrogen-bond donors (Lipinski definition) is 2. The van der Waals surface area contributed by atoms with Gasteiger partial charge >= 0.3 is 11.9 Å². The van der Waals surface area contributed by atoms with Gasteiger partial charge in [0.2, 0.25) is 0 Å². The number of carbonyl (C=O) groups excluding carboxylic acids is 2. The highest BCUT2D eigenvalue weighted by atomic mass is 16.5. The van der Waals surface area contributed by atoms with Crippen molar-refractivity contribution in [3.05, 3.63) is 48.1 Å². The Morgan fingerprint density at radius 2 is 1.57 bits per heavy atom. The first kappa shape index (κ1) is 39.8. The van der Waals surface area contributed by atoms with Crippen LogP contribution in [0.5, 0.6) is 0 Å². The molecule has 0 aliphatic heterocycles. The summed E-state index contributed by atoms with van der Waals surface area (Å²) in [5, 5.41) is 21.1. The molecule has 1 aliphatic rings. The summed E-state index contributed by atoms with van der Waals surface area (Å²) in [6.45, 7) is 13.4. The van der Waals surface area contributed by atoms with E-state index >= 15 is 0 Å². The lowest BCUT2D eigenvalue weighted by Crippen LogP contribution is -2.29. The Hall–Kier alpha value is -2.18. The highest BCUT2D eigenvalue weighted by Crippen LogP contribution is 2.36. The van der Waals surface area contributed by atoms with E-state index in [1.807, 2.05) is 12.2 Å². The zero-order valence-electron chi connectivity index (χ0n) is 28.7. The quantitative estimate of drug-likeness (QED) is 0.0578. The van der Waals surface area contributed by atoms with Gasteiger partial charge < -0.3 is 19.7 Å². The Morgan fingerprint density at radius 1 is 1.00 bits per heavy atom. The highest BCUT2D eigenvalue weighted by molar-refractivity contribution is 5.69. The van der Waals surface area contributed by atoms with Crippen LogP contribution in [0.2, 0.25) is 0 Å². The van der Waals surface area contributed by atoms with Gasteiger partial charge in [0, 0.05) is 19.3 Å². The molecule has 2 N–H and O–H groups in total. The van der Waals surface area contributed by atoms with Gasteiger partial charge in [-0.05, 0) is 57.9 Å². The summed E-state index contributed by atoms with van der Waals surface area (Å²) in [4.78, 5) is 24.5. The van der Waals surface area contributed by atoms with E-state index in [4.69, 9.17) is 9.47 Å². The average Bonchev–Trinajstić information content (AvgIpc) is 2.99. The van der Waals surface area contributed by atoms with Crippen molar-refractivity contribution < 1.29 is 29.3 Å². The SMILES string of the molecule is C=C1CC=CC(C)(O)CCC(C(=CC=CC(C)(C)O)COC(=O)CCCCCCCCCCCCCCC)C1COC(C)=O. The molecule has 3 atom stereocenters. The number of carbonyl (C=O) groups is 2. The molecule has 1 aliphatic carbocycles. The number of aliphatic hydroxyl groups is 2. The van der Waals surface area contributed by atoms with Gasteiger partial charge in [-0.1, -0.05) is 127 Å². The van der Waals surface area contributed by atoms with Crippen LogP contribution in [0.3, 0.4) is 0 Å². The predicted octanol–water partition coefficient (Wildman–Crippen LogP) is 9.11. The largest absolute Gasteiger partial charge is 0.465 e.